The minimum Gasteiger partial charge on any atom is -0.338 e. The van der Waals surface area contributed by atoms with E-state index in [2.05, 4.69) is 36.2 Å². The van der Waals surface area contributed by atoms with E-state index in [4.69, 9.17) is 4.52 Å². The number of aryl methyl sites for hydroxylation is 1. The Labute approximate surface area is 96.8 Å². The summed E-state index contributed by atoms with van der Waals surface area (Å²) < 4.78 is 5.09. The van der Waals surface area contributed by atoms with Gasteiger partial charge >= 0.3 is 0 Å². The average Bonchev–Trinajstić information content (AvgIpc) is 2.67. The number of hydrogen-bond donors (Lipinski definition) is 1. The molecule has 2 atom stereocenters. The lowest BCUT2D eigenvalue weighted by Gasteiger charge is -2.17. The Bertz CT molecular complexity index is 359. The van der Waals surface area contributed by atoms with E-state index < -0.39 is 0 Å². The van der Waals surface area contributed by atoms with Crippen LogP contribution in [0.2, 0.25) is 0 Å². The molecule has 0 amide bonds. The van der Waals surface area contributed by atoms with Crippen LogP contribution >= 0.6 is 0 Å². The highest BCUT2D eigenvalue weighted by molar-refractivity contribution is 4.92. The molecule has 0 aromatic carbocycles. The topological polar surface area (TPSA) is 51.0 Å². The van der Waals surface area contributed by atoms with Gasteiger partial charge in [-0.1, -0.05) is 25.9 Å². The molecule has 0 aliphatic heterocycles. The molecule has 4 heteroatoms. The lowest BCUT2D eigenvalue weighted by Crippen LogP contribution is -2.31. The molecule has 1 aromatic heterocycles. The summed E-state index contributed by atoms with van der Waals surface area (Å²) in [7, 11) is 0. The fourth-order valence-corrected chi connectivity index (χ4v) is 2.80. The standard InChI is InChI=1S/C12H21N3O/c1-8-5-12(3,4)6-10(8)13-7-11-14-9(2)15-16-11/h8,10,13H,5-7H2,1-4H3. The second-order valence-electron chi connectivity index (χ2n) is 5.77. The molecule has 1 N–H and O–H groups in total. The first-order chi connectivity index (χ1) is 7.46. The average molecular weight is 223 g/mol. The maximum absolute atomic E-state index is 5.09. The van der Waals surface area contributed by atoms with Crippen molar-refractivity contribution in [2.75, 3.05) is 0 Å². The van der Waals surface area contributed by atoms with Crippen molar-refractivity contribution in [1.29, 1.82) is 0 Å². The zero-order chi connectivity index (χ0) is 11.8. The van der Waals surface area contributed by atoms with Gasteiger partial charge in [-0.15, -0.1) is 0 Å². The zero-order valence-electron chi connectivity index (χ0n) is 10.6. The molecule has 0 saturated heterocycles. The lowest BCUT2D eigenvalue weighted by molar-refractivity contribution is 0.335. The molecule has 0 bridgehead atoms. The SMILES string of the molecule is Cc1noc(CNC2CC(C)(C)CC2C)n1. The Morgan fingerprint density at radius 2 is 2.19 bits per heavy atom. The van der Waals surface area contributed by atoms with E-state index in [0.29, 0.717) is 29.7 Å². The fourth-order valence-electron chi connectivity index (χ4n) is 2.80. The van der Waals surface area contributed by atoms with E-state index in [-0.39, 0.29) is 0 Å². The summed E-state index contributed by atoms with van der Waals surface area (Å²) in [6.07, 6.45) is 2.51. The largest absolute Gasteiger partial charge is 0.338 e. The third-order valence-corrected chi connectivity index (χ3v) is 3.42. The smallest absolute Gasteiger partial charge is 0.240 e. The van der Waals surface area contributed by atoms with Gasteiger partial charge in [-0.25, -0.2) is 0 Å². The van der Waals surface area contributed by atoms with E-state index in [1.165, 1.54) is 12.8 Å². The summed E-state index contributed by atoms with van der Waals surface area (Å²) in [6, 6.07) is 0.571. The van der Waals surface area contributed by atoms with Gasteiger partial charge in [-0.05, 0) is 31.1 Å². The predicted octanol–water partition coefficient (Wildman–Crippen LogP) is 2.29. The Hall–Kier alpha value is -0.900. The van der Waals surface area contributed by atoms with Crippen LogP contribution < -0.4 is 5.32 Å². The minimum absolute atomic E-state index is 0.460. The van der Waals surface area contributed by atoms with Gasteiger partial charge in [0.25, 0.3) is 0 Å². The molecule has 1 aromatic rings. The van der Waals surface area contributed by atoms with Crippen molar-refractivity contribution in [3.05, 3.63) is 11.7 Å². The third kappa shape index (κ3) is 2.61. The number of hydrogen-bond acceptors (Lipinski definition) is 4. The summed E-state index contributed by atoms with van der Waals surface area (Å²) in [4.78, 5) is 4.19. The van der Waals surface area contributed by atoms with Gasteiger partial charge in [0, 0.05) is 6.04 Å². The van der Waals surface area contributed by atoms with Crippen molar-refractivity contribution in [2.45, 2.75) is 53.1 Å². The maximum Gasteiger partial charge on any atom is 0.240 e. The lowest BCUT2D eigenvalue weighted by atomic mass is 9.91. The third-order valence-electron chi connectivity index (χ3n) is 3.42. The summed E-state index contributed by atoms with van der Waals surface area (Å²) >= 11 is 0. The number of rotatable bonds is 3. The highest BCUT2D eigenvalue weighted by Crippen LogP contribution is 2.40. The number of nitrogens with one attached hydrogen (secondary N) is 1. The van der Waals surface area contributed by atoms with Gasteiger partial charge in [0.1, 0.15) is 0 Å². The second kappa shape index (κ2) is 4.17. The normalized spacial score (nSPS) is 28.5. The minimum atomic E-state index is 0.460. The Kier molecular flexibility index (Phi) is 3.02. The van der Waals surface area contributed by atoms with Crippen LogP contribution in [0.4, 0.5) is 0 Å². The molecule has 1 aliphatic rings. The van der Waals surface area contributed by atoms with Gasteiger partial charge in [-0.3, -0.25) is 0 Å². The van der Waals surface area contributed by atoms with Crippen molar-refractivity contribution in [3.63, 3.8) is 0 Å². The number of nitrogens with zero attached hydrogens (tertiary/aromatic N) is 2. The molecule has 1 aliphatic carbocycles. The molecule has 2 unspecified atom stereocenters. The molecular weight excluding hydrogens is 202 g/mol. The van der Waals surface area contributed by atoms with E-state index in [0.717, 1.165) is 5.92 Å². The van der Waals surface area contributed by atoms with Gasteiger partial charge < -0.3 is 9.84 Å². The van der Waals surface area contributed by atoms with Crippen LogP contribution in [0.15, 0.2) is 4.52 Å². The first kappa shape index (κ1) is 11.6. The van der Waals surface area contributed by atoms with Gasteiger partial charge in [0.15, 0.2) is 5.82 Å². The summed E-state index contributed by atoms with van der Waals surface area (Å²) in [5.41, 5.74) is 0.460. The van der Waals surface area contributed by atoms with Crippen LogP contribution in [0, 0.1) is 18.3 Å². The van der Waals surface area contributed by atoms with Crippen molar-refractivity contribution < 1.29 is 4.52 Å². The van der Waals surface area contributed by atoms with Crippen molar-refractivity contribution >= 4 is 0 Å². The predicted molar refractivity (Wildman–Crippen MR) is 61.8 cm³/mol. The highest BCUT2D eigenvalue weighted by atomic mass is 16.5. The van der Waals surface area contributed by atoms with Crippen LogP contribution in [-0.4, -0.2) is 16.2 Å². The Balaban J connectivity index is 1.87. The van der Waals surface area contributed by atoms with Crippen molar-refractivity contribution in [3.8, 4) is 0 Å². The van der Waals surface area contributed by atoms with Gasteiger partial charge in [-0.2, -0.15) is 4.98 Å². The van der Waals surface area contributed by atoms with E-state index in [9.17, 15) is 0 Å². The summed E-state index contributed by atoms with van der Waals surface area (Å²) in [6.45, 7) is 9.51. The van der Waals surface area contributed by atoms with E-state index in [1.807, 2.05) is 6.92 Å². The van der Waals surface area contributed by atoms with E-state index >= 15 is 0 Å². The van der Waals surface area contributed by atoms with Crippen LogP contribution in [0.3, 0.4) is 0 Å². The molecule has 0 radical (unpaired) electrons. The first-order valence-electron chi connectivity index (χ1n) is 5.99. The summed E-state index contributed by atoms with van der Waals surface area (Å²) in [5.74, 6) is 2.12. The molecular formula is C12H21N3O. The van der Waals surface area contributed by atoms with Crippen LogP contribution in [-0.2, 0) is 6.54 Å². The molecule has 16 heavy (non-hydrogen) atoms. The molecule has 1 heterocycles. The second-order valence-corrected chi connectivity index (χ2v) is 5.77. The van der Waals surface area contributed by atoms with Crippen molar-refractivity contribution in [1.82, 2.24) is 15.5 Å². The molecule has 90 valence electrons. The van der Waals surface area contributed by atoms with Crippen LogP contribution in [0.1, 0.15) is 45.3 Å². The van der Waals surface area contributed by atoms with Gasteiger partial charge in [0.2, 0.25) is 5.89 Å². The first-order valence-corrected chi connectivity index (χ1v) is 5.99. The molecule has 2 rings (SSSR count). The van der Waals surface area contributed by atoms with Crippen LogP contribution in [0.5, 0.6) is 0 Å². The zero-order valence-corrected chi connectivity index (χ0v) is 10.6. The Morgan fingerprint density at radius 3 is 2.69 bits per heavy atom. The van der Waals surface area contributed by atoms with Crippen molar-refractivity contribution in [2.24, 2.45) is 11.3 Å². The highest BCUT2D eigenvalue weighted by Gasteiger charge is 2.36. The monoisotopic (exact) mass is 223 g/mol. The summed E-state index contributed by atoms with van der Waals surface area (Å²) in [5, 5.41) is 7.30. The number of aromatic nitrogens is 2. The molecule has 1 saturated carbocycles. The Morgan fingerprint density at radius 1 is 1.44 bits per heavy atom. The maximum atomic E-state index is 5.09. The van der Waals surface area contributed by atoms with Crippen LogP contribution in [0.25, 0.3) is 0 Å². The fraction of sp³-hybridized carbons (Fsp3) is 0.833. The molecule has 1 fully saturated rings. The molecule has 4 nitrogen and oxygen atoms in total. The molecule has 0 spiro atoms. The quantitative estimate of drug-likeness (QED) is 0.854. The van der Waals surface area contributed by atoms with E-state index in [1.54, 1.807) is 0 Å². The van der Waals surface area contributed by atoms with Gasteiger partial charge in [0.05, 0.1) is 6.54 Å².